The van der Waals surface area contributed by atoms with Crippen LogP contribution in [0.15, 0.2) is 67.0 Å². The lowest BCUT2D eigenvalue weighted by Gasteiger charge is -2.32. The highest BCUT2D eigenvalue weighted by atomic mass is 35.5. The standard InChI is InChI=1S/C23H22N4O2.ClH/c28-23(27-13-12-24-21(14-27)22-25-10-5-11-26-22)29-15-20-18-8-3-1-6-16(18)17-7-2-4-9-19(17)20;/h1-11,20-21,24H,12-15H2;1H. The van der Waals surface area contributed by atoms with Crippen LogP contribution >= 0.6 is 12.4 Å². The number of nitrogens with one attached hydrogen (secondary N) is 1. The number of rotatable bonds is 3. The minimum Gasteiger partial charge on any atom is -0.448 e. The van der Waals surface area contributed by atoms with Crippen molar-refractivity contribution < 1.29 is 9.53 Å². The molecule has 2 heterocycles. The van der Waals surface area contributed by atoms with E-state index in [-0.39, 0.29) is 30.5 Å². The summed E-state index contributed by atoms with van der Waals surface area (Å²) >= 11 is 0. The molecule has 2 aromatic carbocycles. The number of aromatic nitrogens is 2. The van der Waals surface area contributed by atoms with Crippen molar-refractivity contribution in [1.82, 2.24) is 20.2 Å². The van der Waals surface area contributed by atoms with Gasteiger partial charge in [0.15, 0.2) is 0 Å². The van der Waals surface area contributed by atoms with E-state index in [1.165, 1.54) is 22.3 Å². The first-order valence-electron chi connectivity index (χ1n) is 9.91. The van der Waals surface area contributed by atoms with Crippen molar-refractivity contribution in [3.8, 4) is 11.1 Å². The van der Waals surface area contributed by atoms with Crippen molar-refractivity contribution in [2.45, 2.75) is 12.0 Å². The Morgan fingerprint density at radius 1 is 1.00 bits per heavy atom. The molecule has 0 spiro atoms. The van der Waals surface area contributed by atoms with Crippen molar-refractivity contribution in [2.24, 2.45) is 0 Å². The fourth-order valence-electron chi connectivity index (χ4n) is 4.26. The van der Waals surface area contributed by atoms with Crippen LogP contribution in [0.3, 0.4) is 0 Å². The molecular weight excluding hydrogens is 400 g/mol. The van der Waals surface area contributed by atoms with E-state index < -0.39 is 0 Å². The van der Waals surface area contributed by atoms with E-state index in [4.69, 9.17) is 4.74 Å². The molecule has 1 fully saturated rings. The zero-order valence-electron chi connectivity index (χ0n) is 16.4. The molecule has 7 heteroatoms. The molecule has 0 bridgehead atoms. The summed E-state index contributed by atoms with van der Waals surface area (Å²) in [6.07, 6.45) is 3.15. The van der Waals surface area contributed by atoms with E-state index in [1.54, 1.807) is 23.4 Å². The van der Waals surface area contributed by atoms with Gasteiger partial charge in [0, 0.05) is 37.9 Å². The first-order valence-corrected chi connectivity index (χ1v) is 9.91. The minimum absolute atomic E-state index is 0. The molecule has 1 atom stereocenters. The molecule has 1 unspecified atom stereocenters. The Labute approximate surface area is 181 Å². The van der Waals surface area contributed by atoms with Gasteiger partial charge in [-0.2, -0.15) is 0 Å². The summed E-state index contributed by atoms with van der Waals surface area (Å²) in [7, 11) is 0. The second-order valence-corrected chi connectivity index (χ2v) is 7.36. The quantitative estimate of drug-likeness (QED) is 0.695. The lowest BCUT2D eigenvalue weighted by molar-refractivity contribution is 0.0876. The van der Waals surface area contributed by atoms with Gasteiger partial charge in [-0.15, -0.1) is 12.4 Å². The predicted octanol–water partition coefficient (Wildman–Crippen LogP) is 3.79. The SMILES string of the molecule is Cl.O=C(OCC1c2ccccc2-c2ccccc21)N1CCNC(c2ncccn2)C1. The number of hydrogen-bond acceptors (Lipinski definition) is 5. The Morgan fingerprint density at radius 3 is 2.30 bits per heavy atom. The molecule has 1 aromatic heterocycles. The van der Waals surface area contributed by atoms with Crippen LogP contribution < -0.4 is 5.32 Å². The molecule has 30 heavy (non-hydrogen) atoms. The smallest absolute Gasteiger partial charge is 0.409 e. The van der Waals surface area contributed by atoms with Gasteiger partial charge in [-0.3, -0.25) is 0 Å². The molecule has 3 aromatic rings. The summed E-state index contributed by atoms with van der Waals surface area (Å²) in [6, 6.07) is 18.4. The number of fused-ring (bicyclic) bond motifs is 3. The Bertz CT molecular complexity index is 985. The van der Waals surface area contributed by atoms with Crippen molar-refractivity contribution in [2.75, 3.05) is 26.2 Å². The molecule has 6 nitrogen and oxygen atoms in total. The summed E-state index contributed by atoms with van der Waals surface area (Å²) in [5.41, 5.74) is 4.90. The van der Waals surface area contributed by atoms with Gasteiger partial charge < -0.3 is 15.0 Å². The summed E-state index contributed by atoms with van der Waals surface area (Å²) < 4.78 is 5.78. The van der Waals surface area contributed by atoms with Crippen molar-refractivity contribution in [3.63, 3.8) is 0 Å². The normalized spacial score (nSPS) is 17.6. The molecule has 0 saturated carbocycles. The maximum absolute atomic E-state index is 12.8. The number of hydrogen-bond donors (Lipinski definition) is 1. The molecule has 1 aliphatic carbocycles. The van der Waals surface area contributed by atoms with Crippen LogP contribution in [0.4, 0.5) is 4.79 Å². The molecule has 1 saturated heterocycles. The van der Waals surface area contributed by atoms with Gasteiger partial charge in [-0.1, -0.05) is 48.5 Å². The topological polar surface area (TPSA) is 67.3 Å². The third-order valence-corrected chi connectivity index (χ3v) is 5.67. The fourth-order valence-corrected chi connectivity index (χ4v) is 4.26. The maximum atomic E-state index is 12.8. The molecule has 1 aliphatic heterocycles. The van der Waals surface area contributed by atoms with Crippen molar-refractivity contribution >= 4 is 18.5 Å². The van der Waals surface area contributed by atoms with E-state index in [1.807, 2.05) is 12.1 Å². The minimum atomic E-state index is -0.283. The molecule has 1 amide bonds. The van der Waals surface area contributed by atoms with E-state index in [0.29, 0.717) is 32.1 Å². The lowest BCUT2D eigenvalue weighted by atomic mass is 9.98. The van der Waals surface area contributed by atoms with Gasteiger partial charge in [0.1, 0.15) is 12.4 Å². The number of nitrogens with zero attached hydrogens (tertiary/aromatic N) is 3. The third kappa shape index (κ3) is 3.76. The Morgan fingerprint density at radius 2 is 1.63 bits per heavy atom. The zero-order chi connectivity index (χ0) is 19.6. The fraction of sp³-hybridized carbons (Fsp3) is 0.261. The average molecular weight is 423 g/mol. The number of carbonyl (C=O) groups excluding carboxylic acids is 1. The first kappa shape index (κ1) is 20.3. The second-order valence-electron chi connectivity index (χ2n) is 7.36. The van der Waals surface area contributed by atoms with Crippen LogP contribution in [0.25, 0.3) is 11.1 Å². The Hall–Kier alpha value is -2.96. The average Bonchev–Trinajstić information content (AvgIpc) is 3.12. The Balaban J connectivity index is 0.00000218. The molecule has 154 valence electrons. The van der Waals surface area contributed by atoms with Crippen LogP contribution in [-0.2, 0) is 4.74 Å². The number of piperazine rings is 1. The highest BCUT2D eigenvalue weighted by Crippen LogP contribution is 2.44. The Kier molecular flexibility index (Phi) is 5.97. The van der Waals surface area contributed by atoms with Crippen LogP contribution in [0.2, 0.25) is 0 Å². The van der Waals surface area contributed by atoms with E-state index >= 15 is 0 Å². The third-order valence-electron chi connectivity index (χ3n) is 5.67. The second kappa shape index (κ2) is 8.81. The number of halogens is 1. The lowest BCUT2D eigenvalue weighted by Crippen LogP contribution is -2.49. The monoisotopic (exact) mass is 422 g/mol. The van der Waals surface area contributed by atoms with Gasteiger partial charge >= 0.3 is 6.09 Å². The van der Waals surface area contributed by atoms with E-state index in [0.717, 1.165) is 0 Å². The van der Waals surface area contributed by atoms with E-state index in [9.17, 15) is 4.79 Å². The van der Waals surface area contributed by atoms with Crippen molar-refractivity contribution in [1.29, 1.82) is 0 Å². The van der Waals surface area contributed by atoms with Gasteiger partial charge in [-0.25, -0.2) is 14.8 Å². The largest absolute Gasteiger partial charge is 0.448 e. The summed E-state index contributed by atoms with van der Waals surface area (Å²) in [4.78, 5) is 23.1. The van der Waals surface area contributed by atoms with Gasteiger partial charge in [0.25, 0.3) is 0 Å². The number of amides is 1. The van der Waals surface area contributed by atoms with Gasteiger partial charge in [0.2, 0.25) is 0 Å². The maximum Gasteiger partial charge on any atom is 0.409 e. The highest BCUT2D eigenvalue weighted by molar-refractivity contribution is 5.85. The van der Waals surface area contributed by atoms with Crippen molar-refractivity contribution in [3.05, 3.63) is 83.9 Å². The highest BCUT2D eigenvalue weighted by Gasteiger charge is 2.31. The van der Waals surface area contributed by atoms with Crippen LogP contribution in [0.5, 0.6) is 0 Å². The predicted molar refractivity (Wildman–Crippen MR) is 117 cm³/mol. The van der Waals surface area contributed by atoms with Gasteiger partial charge in [-0.05, 0) is 28.3 Å². The summed E-state index contributed by atoms with van der Waals surface area (Å²) in [6.45, 7) is 2.14. The van der Waals surface area contributed by atoms with E-state index in [2.05, 4.69) is 51.7 Å². The molecule has 1 N–H and O–H groups in total. The molecular formula is C23H23ClN4O2. The molecule has 5 rings (SSSR count). The zero-order valence-corrected chi connectivity index (χ0v) is 17.2. The summed E-state index contributed by atoms with van der Waals surface area (Å²) in [5, 5.41) is 3.37. The number of ether oxygens (including phenoxy) is 1. The number of benzene rings is 2. The van der Waals surface area contributed by atoms with Crippen LogP contribution in [-0.4, -0.2) is 47.2 Å². The summed E-state index contributed by atoms with van der Waals surface area (Å²) in [5.74, 6) is 0.770. The van der Waals surface area contributed by atoms with Crippen LogP contribution in [0.1, 0.15) is 28.9 Å². The van der Waals surface area contributed by atoms with Gasteiger partial charge in [0.05, 0.1) is 6.04 Å². The molecule has 2 aliphatic rings. The van der Waals surface area contributed by atoms with Crippen LogP contribution in [0, 0.1) is 0 Å². The number of carbonyl (C=O) groups is 1. The first-order chi connectivity index (χ1) is 14.3. The molecule has 0 radical (unpaired) electrons.